The number of halogens is 1. The number of hydrogen-bond donors (Lipinski definition) is 0. The lowest BCUT2D eigenvalue weighted by molar-refractivity contribution is -0.133. The van der Waals surface area contributed by atoms with Crippen molar-refractivity contribution in [2.75, 3.05) is 0 Å². The molecule has 3 rings (SSSR count). The van der Waals surface area contributed by atoms with Crippen molar-refractivity contribution in [1.82, 2.24) is 0 Å². The van der Waals surface area contributed by atoms with Gasteiger partial charge in [-0.2, -0.15) is 0 Å². The number of aryl methyl sites for hydroxylation is 1. The van der Waals surface area contributed by atoms with E-state index in [2.05, 4.69) is 6.92 Å². The fourth-order valence-corrected chi connectivity index (χ4v) is 2.47. The van der Waals surface area contributed by atoms with E-state index in [0.29, 0.717) is 11.3 Å². The average Bonchev–Trinajstić information content (AvgIpc) is 2.91. The molecule has 0 saturated heterocycles. The maximum atomic E-state index is 12.4. The Morgan fingerprint density at radius 2 is 1.96 bits per heavy atom. The zero-order chi connectivity index (χ0) is 18.0. The summed E-state index contributed by atoms with van der Waals surface area (Å²) in [7, 11) is 0. The Balaban J connectivity index is 1.82. The molecule has 0 radical (unpaired) electrons. The van der Waals surface area contributed by atoms with Crippen LogP contribution in [0.1, 0.15) is 35.3 Å². The lowest BCUT2D eigenvalue weighted by atomic mass is 10.1. The smallest absolute Gasteiger partial charge is 0.329 e. The fourth-order valence-electron chi connectivity index (χ4n) is 2.43. The van der Waals surface area contributed by atoms with E-state index in [4.69, 9.17) is 21.1 Å². The van der Waals surface area contributed by atoms with Crippen LogP contribution in [-0.2, 0) is 11.2 Å². The molecule has 0 amide bonds. The van der Waals surface area contributed by atoms with Gasteiger partial charge < -0.3 is 9.47 Å². The Morgan fingerprint density at radius 3 is 2.60 bits per heavy atom. The third-order valence-electron chi connectivity index (χ3n) is 3.87. The summed E-state index contributed by atoms with van der Waals surface area (Å²) in [6.45, 7) is 3.62. The van der Waals surface area contributed by atoms with Gasteiger partial charge in [-0.3, -0.25) is 9.59 Å². The van der Waals surface area contributed by atoms with Gasteiger partial charge in [-0.25, -0.2) is 0 Å². The summed E-state index contributed by atoms with van der Waals surface area (Å²) in [6.07, 6.45) is 2.66. The molecule has 0 N–H and O–H groups in total. The lowest BCUT2D eigenvalue weighted by Crippen LogP contribution is -2.17. The van der Waals surface area contributed by atoms with Crippen molar-refractivity contribution in [2.24, 2.45) is 0 Å². The normalized spacial score (nSPS) is 15.6. The highest BCUT2D eigenvalue weighted by atomic mass is 35.5. The molecule has 4 nitrogen and oxygen atoms in total. The molecular formula is C20H17ClO4. The number of Topliss-reactive ketones (excluding diaryl/α,β-unsaturated/α-hetero) is 1. The first-order valence-electron chi connectivity index (χ1n) is 8.01. The van der Waals surface area contributed by atoms with E-state index in [1.54, 1.807) is 18.2 Å². The van der Waals surface area contributed by atoms with Gasteiger partial charge in [0.1, 0.15) is 16.9 Å². The van der Waals surface area contributed by atoms with Crippen LogP contribution >= 0.6 is 11.6 Å². The topological polar surface area (TPSA) is 52.6 Å². The first-order valence-corrected chi connectivity index (χ1v) is 8.44. The van der Waals surface area contributed by atoms with Crippen LogP contribution in [0.25, 0.3) is 6.08 Å². The van der Waals surface area contributed by atoms with Crippen LogP contribution in [0.4, 0.5) is 0 Å². The Hall–Kier alpha value is -2.59. The SMILES string of the molecule is CCc1ccc(/C=C2\Oc3cc(OC(=O)C(C)Cl)ccc3C2=O)cc1. The van der Waals surface area contributed by atoms with Gasteiger partial charge in [0.15, 0.2) is 5.76 Å². The fraction of sp³-hybridized carbons (Fsp3) is 0.200. The van der Waals surface area contributed by atoms with Gasteiger partial charge in [-0.15, -0.1) is 11.6 Å². The summed E-state index contributed by atoms with van der Waals surface area (Å²) in [5, 5.41) is -0.752. The van der Waals surface area contributed by atoms with Crippen molar-refractivity contribution in [1.29, 1.82) is 0 Å². The Morgan fingerprint density at radius 1 is 1.24 bits per heavy atom. The maximum absolute atomic E-state index is 12.4. The molecule has 128 valence electrons. The van der Waals surface area contributed by atoms with Gasteiger partial charge in [0.05, 0.1) is 5.56 Å². The minimum atomic E-state index is -0.752. The Bertz CT molecular complexity index is 850. The minimum absolute atomic E-state index is 0.196. The van der Waals surface area contributed by atoms with Gasteiger partial charge in [0.2, 0.25) is 5.78 Å². The number of alkyl halides is 1. The molecule has 25 heavy (non-hydrogen) atoms. The van der Waals surface area contributed by atoms with Gasteiger partial charge in [-0.1, -0.05) is 31.2 Å². The third kappa shape index (κ3) is 3.74. The number of ether oxygens (including phenoxy) is 2. The second-order valence-electron chi connectivity index (χ2n) is 5.73. The van der Waals surface area contributed by atoms with Crippen LogP contribution in [0, 0.1) is 0 Å². The molecule has 1 atom stereocenters. The summed E-state index contributed by atoms with van der Waals surface area (Å²) in [6, 6.07) is 12.6. The number of carbonyl (C=O) groups excluding carboxylic acids is 2. The molecule has 0 aromatic heterocycles. The van der Waals surface area contributed by atoms with Crippen LogP contribution in [0.15, 0.2) is 48.2 Å². The number of benzene rings is 2. The van der Waals surface area contributed by atoms with E-state index in [1.165, 1.54) is 18.6 Å². The van der Waals surface area contributed by atoms with Crippen LogP contribution < -0.4 is 9.47 Å². The van der Waals surface area contributed by atoms with Crippen LogP contribution in [-0.4, -0.2) is 17.1 Å². The molecule has 5 heteroatoms. The quantitative estimate of drug-likeness (QED) is 0.352. The van der Waals surface area contributed by atoms with Crippen molar-refractivity contribution < 1.29 is 19.1 Å². The minimum Gasteiger partial charge on any atom is -0.452 e. The number of fused-ring (bicyclic) bond motifs is 1. The molecule has 2 aromatic carbocycles. The molecular weight excluding hydrogens is 340 g/mol. The van der Waals surface area contributed by atoms with E-state index < -0.39 is 11.3 Å². The van der Waals surface area contributed by atoms with E-state index in [1.807, 2.05) is 24.3 Å². The molecule has 0 saturated carbocycles. The molecule has 0 bridgehead atoms. The van der Waals surface area contributed by atoms with E-state index in [-0.39, 0.29) is 17.3 Å². The van der Waals surface area contributed by atoms with E-state index in [0.717, 1.165) is 12.0 Å². The largest absolute Gasteiger partial charge is 0.452 e. The number of ketones is 1. The number of carbonyl (C=O) groups is 2. The second-order valence-corrected chi connectivity index (χ2v) is 6.38. The monoisotopic (exact) mass is 356 g/mol. The van der Waals surface area contributed by atoms with Crippen LogP contribution in [0.2, 0.25) is 0 Å². The highest BCUT2D eigenvalue weighted by Gasteiger charge is 2.28. The van der Waals surface area contributed by atoms with Crippen molar-refractivity contribution >= 4 is 29.4 Å². The van der Waals surface area contributed by atoms with Gasteiger partial charge in [0.25, 0.3) is 0 Å². The lowest BCUT2D eigenvalue weighted by Gasteiger charge is -2.06. The number of rotatable bonds is 4. The first-order chi connectivity index (χ1) is 12.0. The summed E-state index contributed by atoms with van der Waals surface area (Å²) >= 11 is 5.68. The summed E-state index contributed by atoms with van der Waals surface area (Å²) in [4.78, 5) is 24.0. The van der Waals surface area contributed by atoms with Gasteiger partial charge in [0, 0.05) is 6.07 Å². The summed E-state index contributed by atoms with van der Waals surface area (Å²) in [5.41, 5.74) is 2.55. The Labute approximate surface area is 151 Å². The second kappa shape index (κ2) is 7.11. The predicted molar refractivity (Wildman–Crippen MR) is 96.1 cm³/mol. The molecule has 0 spiro atoms. The molecule has 1 aliphatic heterocycles. The number of hydrogen-bond acceptors (Lipinski definition) is 4. The van der Waals surface area contributed by atoms with Gasteiger partial charge >= 0.3 is 5.97 Å². The third-order valence-corrected chi connectivity index (χ3v) is 4.05. The zero-order valence-electron chi connectivity index (χ0n) is 13.9. The van der Waals surface area contributed by atoms with Crippen molar-refractivity contribution in [3.8, 4) is 11.5 Å². The van der Waals surface area contributed by atoms with Crippen molar-refractivity contribution in [3.63, 3.8) is 0 Å². The molecule has 1 aliphatic rings. The summed E-state index contributed by atoms with van der Waals surface area (Å²) < 4.78 is 10.8. The van der Waals surface area contributed by atoms with E-state index in [9.17, 15) is 9.59 Å². The molecule has 1 unspecified atom stereocenters. The highest BCUT2D eigenvalue weighted by molar-refractivity contribution is 6.29. The number of esters is 1. The molecule has 0 fully saturated rings. The highest BCUT2D eigenvalue weighted by Crippen LogP contribution is 2.35. The standard InChI is InChI=1S/C20H17ClO4/c1-3-13-4-6-14(7-5-13)10-18-19(22)16-9-8-15(11-17(16)25-18)24-20(23)12(2)21/h4-12H,3H2,1-2H3/b18-10-. The van der Waals surface area contributed by atoms with Gasteiger partial charge in [-0.05, 0) is 42.7 Å². The van der Waals surface area contributed by atoms with Crippen LogP contribution in [0.3, 0.4) is 0 Å². The zero-order valence-corrected chi connectivity index (χ0v) is 14.7. The van der Waals surface area contributed by atoms with Crippen LogP contribution in [0.5, 0.6) is 11.5 Å². The maximum Gasteiger partial charge on any atom is 0.329 e. The average molecular weight is 357 g/mol. The first kappa shape index (κ1) is 17.2. The van der Waals surface area contributed by atoms with E-state index >= 15 is 0 Å². The Kier molecular flexibility index (Phi) is 4.91. The van der Waals surface area contributed by atoms with Crippen molar-refractivity contribution in [2.45, 2.75) is 25.6 Å². The summed E-state index contributed by atoms with van der Waals surface area (Å²) in [5.74, 6) is 0.149. The number of allylic oxidation sites excluding steroid dienone is 1. The predicted octanol–water partition coefficient (Wildman–Crippen LogP) is 4.40. The molecule has 2 aromatic rings. The molecule has 0 aliphatic carbocycles. The molecule has 1 heterocycles. The van der Waals surface area contributed by atoms with Crippen molar-refractivity contribution in [3.05, 3.63) is 64.9 Å².